The van der Waals surface area contributed by atoms with Crippen LogP contribution in [0.3, 0.4) is 0 Å². The maximum Gasteiger partial charge on any atom is 0.267 e. The molecule has 3 heterocycles. The summed E-state index contributed by atoms with van der Waals surface area (Å²) in [6.45, 7) is 2.25. The van der Waals surface area contributed by atoms with Crippen LogP contribution in [-0.4, -0.2) is 32.1 Å². The Kier molecular flexibility index (Phi) is 5.74. The summed E-state index contributed by atoms with van der Waals surface area (Å²) in [6, 6.07) is 9.02. The van der Waals surface area contributed by atoms with Gasteiger partial charge in [-0.25, -0.2) is 14.1 Å². The monoisotopic (exact) mass is 410 g/mol. The number of hydrogen-bond acceptors (Lipinski definition) is 5. The molecule has 7 nitrogen and oxygen atoms in total. The largest absolute Gasteiger partial charge is 0.443 e. The molecule has 0 unspecified atom stereocenters. The summed E-state index contributed by atoms with van der Waals surface area (Å²) >= 11 is 0. The van der Waals surface area contributed by atoms with Crippen LogP contribution in [0.1, 0.15) is 48.2 Å². The first kappa shape index (κ1) is 20.0. The summed E-state index contributed by atoms with van der Waals surface area (Å²) in [5.74, 6) is 0.685. The molecule has 0 spiro atoms. The standard InChI is InChI=1S/C22H23FN4O3/c1-15-5-10-20(28)27(25-15)14-21(29)26-11-3-2-4-19(26)22-24-13-18(30-22)12-16-6-8-17(23)9-7-16/h5-10,13,19H,2-4,11-12,14H2,1H3/t19-/m0/s1. The van der Waals surface area contributed by atoms with Crippen molar-refractivity contribution in [1.29, 1.82) is 0 Å². The van der Waals surface area contributed by atoms with Gasteiger partial charge in [-0.05, 0) is 49.9 Å². The van der Waals surface area contributed by atoms with Crippen molar-refractivity contribution in [2.75, 3.05) is 6.54 Å². The van der Waals surface area contributed by atoms with Gasteiger partial charge >= 0.3 is 0 Å². The van der Waals surface area contributed by atoms with Crippen LogP contribution in [0.5, 0.6) is 0 Å². The molecular weight excluding hydrogens is 387 g/mol. The zero-order chi connectivity index (χ0) is 21.1. The molecule has 2 aromatic heterocycles. The van der Waals surface area contributed by atoms with E-state index in [1.807, 2.05) is 0 Å². The summed E-state index contributed by atoms with van der Waals surface area (Å²) in [5, 5.41) is 4.15. The van der Waals surface area contributed by atoms with E-state index in [9.17, 15) is 14.0 Å². The summed E-state index contributed by atoms with van der Waals surface area (Å²) < 4.78 is 20.2. The number of carbonyl (C=O) groups excluding carboxylic acids is 1. The number of aryl methyl sites for hydroxylation is 1. The molecule has 0 N–H and O–H groups in total. The SMILES string of the molecule is Cc1ccc(=O)n(CC(=O)N2CCCC[C@H]2c2ncc(Cc3ccc(F)cc3)o2)n1. The van der Waals surface area contributed by atoms with E-state index >= 15 is 0 Å². The Balaban J connectivity index is 1.50. The molecule has 1 amide bonds. The molecule has 1 aromatic carbocycles. The van der Waals surface area contributed by atoms with Gasteiger partial charge in [0.25, 0.3) is 5.56 Å². The molecule has 1 saturated heterocycles. The minimum absolute atomic E-state index is 0.111. The molecule has 1 fully saturated rings. The summed E-state index contributed by atoms with van der Waals surface area (Å²) in [7, 11) is 0. The van der Waals surface area contributed by atoms with Crippen molar-refractivity contribution >= 4 is 5.91 Å². The average molecular weight is 410 g/mol. The van der Waals surface area contributed by atoms with Gasteiger partial charge in [0.1, 0.15) is 24.2 Å². The van der Waals surface area contributed by atoms with Crippen molar-refractivity contribution in [2.24, 2.45) is 0 Å². The van der Waals surface area contributed by atoms with Crippen molar-refractivity contribution in [1.82, 2.24) is 19.7 Å². The number of nitrogens with zero attached hydrogens (tertiary/aromatic N) is 4. The zero-order valence-electron chi connectivity index (χ0n) is 16.8. The van der Waals surface area contributed by atoms with E-state index in [0.29, 0.717) is 30.3 Å². The summed E-state index contributed by atoms with van der Waals surface area (Å²) in [5.41, 5.74) is 1.29. The van der Waals surface area contributed by atoms with E-state index < -0.39 is 0 Å². The number of oxazole rings is 1. The van der Waals surface area contributed by atoms with Gasteiger partial charge in [0, 0.05) is 19.0 Å². The Morgan fingerprint density at radius 2 is 2.00 bits per heavy atom. The number of amides is 1. The van der Waals surface area contributed by atoms with Crippen LogP contribution < -0.4 is 5.56 Å². The third-order valence-electron chi connectivity index (χ3n) is 5.26. The lowest BCUT2D eigenvalue weighted by atomic mass is 10.0. The predicted octanol–water partition coefficient (Wildman–Crippen LogP) is 3.02. The maximum atomic E-state index is 13.1. The predicted molar refractivity (Wildman–Crippen MR) is 107 cm³/mol. The quantitative estimate of drug-likeness (QED) is 0.646. The third kappa shape index (κ3) is 4.48. The molecule has 1 atom stereocenters. The van der Waals surface area contributed by atoms with Gasteiger partial charge in [-0.2, -0.15) is 5.10 Å². The summed E-state index contributed by atoms with van der Waals surface area (Å²) in [4.78, 5) is 31.1. The van der Waals surface area contributed by atoms with Crippen molar-refractivity contribution in [2.45, 2.75) is 45.2 Å². The molecule has 3 aromatic rings. The number of hydrogen-bond donors (Lipinski definition) is 0. The number of rotatable bonds is 5. The van der Waals surface area contributed by atoms with Crippen LogP contribution in [0.25, 0.3) is 0 Å². The van der Waals surface area contributed by atoms with E-state index in [1.54, 1.807) is 36.2 Å². The molecule has 4 rings (SSSR count). The molecule has 0 saturated carbocycles. The Morgan fingerprint density at radius 1 is 1.20 bits per heavy atom. The molecule has 1 aliphatic rings. The van der Waals surface area contributed by atoms with Gasteiger partial charge in [-0.1, -0.05) is 12.1 Å². The molecule has 30 heavy (non-hydrogen) atoms. The van der Waals surface area contributed by atoms with Crippen molar-refractivity contribution in [3.63, 3.8) is 0 Å². The Morgan fingerprint density at radius 3 is 2.80 bits per heavy atom. The van der Waals surface area contributed by atoms with E-state index in [1.165, 1.54) is 22.9 Å². The van der Waals surface area contributed by atoms with Gasteiger partial charge in [0.05, 0.1) is 11.9 Å². The van der Waals surface area contributed by atoms with Crippen molar-refractivity contribution < 1.29 is 13.6 Å². The number of likely N-dealkylation sites (tertiary alicyclic amines) is 1. The van der Waals surface area contributed by atoms with E-state index in [4.69, 9.17) is 4.42 Å². The van der Waals surface area contributed by atoms with Gasteiger partial charge in [0.2, 0.25) is 11.8 Å². The number of piperidine rings is 1. The van der Waals surface area contributed by atoms with Crippen LogP contribution in [0.15, 0.2) is 51.8 Å². The first-order valence-corrected chi connectivity index (χ1v) is 10.0. The van der Waals surface area contributed by atoms with Crippen molar-refractivity contribution in [3.8, 4) is 0 Å². The average Bonchev–Trinajstić information content (AvgIpc) is 3.21. The summed E-state index contributed by atoms with van der Waals surface area (Å²) in [6.07, 6.45) is 4.76. The maximum absolute atomic E-state index is 13.1. The van der Waals surface area contributed by atoms with Crippen LogP contribution in [0.2, 0.25) is 0 Å². The molecule has 0 radical (unpaired) electrons. The first-order chi connectivity index (χ1) is 14.5. The fraction of sp³-hybridized carbons (Fsp3) is 0.364. The molecule has 1 aliphatic heterocycles. The smallest absolute Gasteiger partial charge is 0.267 e. The highest BCUT2D eigenvalue weighted by Gasteiger charge is 2.31. The second-order valence-corrected chi connectivity index (χ2v) is 7.54. The fourth-order valence-electron chi connectivity index (χ4n) is 3.73. The van der Waals surface area contributed by atoms with Crippen molar-refractivity contribution in [3.05, 3.63) is 81.7 Å². The van der Waals surface area contributed by atoms with E-state index in [-0.39, 0.29) is 29.9 Å². The Bertz CT molecular complexity index is 1090. The molecule has 156 valence electrons. The van der Waals surface area contributed by atoms with Gasteiger partial charge < -0.3 is 9.32 Å². The van der Waals surface area contributed by atoms with Gasteiger partial charge in [0.15, 0.2) is 0 Å². The van der Waals surface area contributed by atoms with Crippen LogP contribution >= 0.6 is 0 Å². The number of carbonyl (C=O) groups is 1. The zero-order valence-corrected chi connectivity index (χ0v) is 16.8. The molecule has 8 heteroatoms. The van der Waals surface area contributed by atoms with Crippen LogP contribution in [-0.2, 0) is 17.8 Å². The highest BCUT2D eigenvalue weighted by atomic mass is 19.1. The second-order valence-electron chi connectivity index (χ2n) is 7.54. The Hall–Kier alpha value is -3.29. The lowest BCUT2D eigenvalue weighted by Crippen LogP contribution is -2.42. The van der Waals surface area contributed by atoms with E-state index in [2.05, 4.69) is 10.1 Å². The van der Waals surface area contributed by atoms with Gasteiger partial charge in [-0.15, -0.1) is 0 Å². The second kappa shape index (κ2) is 8.61. The minimum Gasteiger partial charge on any atom is -0.443 e. The Labute approximate surface area is 173 Å². The minimum atomic E-state index is -0.305. The number of benzene rings is 1. The molecular formula is C22H23FN4O3. The molecule has 0 aliphatic carbocycles. The fourth-order valence-corrected chi connectivity index (χ4v) is 3.73. The van der Waals surface area contributed by atoms with Crippen LogP contribution in [0, 0.1) is 12.7 Å². The normalized spacial score (nSPS) is 16.6. The van der Waals surface area contributed by atoms with Gasteiger partial charge in [-0.3, -0.25) is 9.59 Å². The molecule has 0 bridgehead atoms. The first-order valence-electron chi connectivity index (χ1n) is 10.0. The van der Waals surface area contributed by atoms with E-state index in [0.717, 1.165) is 24.8 Å². The number of aromatic nitrogens is 3. The topological polar surface area (TPSA) is 81.2 Å². The highest BCUT2D eigenvalue weighted by Crippen LogP contribution is 2.31. The van der Waals surface area contributed by atoms with Crippen LogP contribution in [0.4, 0.5) is 4.39 Å². The lowest BCUT2D eigenvalue weighted by molar-refractivity contribution is -0.136. The third-order valence-corrected chi connectivity index (χ3v) is 5.26. The highest BCUT2D eigenvalue weighted by molar-refractivity contribution is 5.76. The number of halogens is 1. The lowest BCUT2D eigenvalue weighted by Gasteiger charge is -2.33.